The molecule has 0 aromatic heterocycles. The standard InChI is InChI=1S/C13H11BrClFN2O2S/c1-7-4-11(17)9(15)6-12(7)18-21(19,20)13-3-2-8(14)5-10(13)16/h2-6,18H,17H2,1H3. The third-order valence-corrected chi connectivity index (χ3v) is 4.99. The second kappa shape index (κ2) is 5.82. The van der Waals surface area contributed by atoms with Crippen LogP contribution in [0.15, 0.2) is 39.7 Å². The Hall–Kier alpha value is -1.31. The number of rotatable bonds is 3. The maximum atomic E-state index is 13.8. The van der Waals surface area contributed by atoms with E-state index < -0.39 is 20.7 Å². The molecule has 2 aromatic rings. The van der Waals surface area contributed by atoms with Gasteiger partial charge in [0.2, 0.25) is 0 Å². The Labute approximate surface area is 135 Å². The molecule has 0 bridgehead atoms. The van der Waals surface area contributed by atoms with Crippen LogP contribution in [0.2, 0.25) is 5.02 Å². The van der Waals surface area contributed by atoms with E-state index in [1.54, 1.807) is 6.92 Å². The van der Waals surface area contributed by atoms with Crippen LogP contribution in [0.1, 0.15) is 5.56 Å². The van der Waals surface area contributed by atoms with Gasteiger partial charge in [-0.25, -0.2) is 12.8 Å². The maximum Gasteiger partial charge on any atom is 0.264 e. The van der Waals surface area contributed by atoms with Crippen molar-refractivity contribution in [3.63, 3.8) is 0 Å². The van der Waals surface area contributed by atoms with Gasteiger partial charge in [0.05, 0.1) is 16.4 Å². The molecule has 0 heterocycles. The SMILES string of the molecule is Cc1cc(N)c(Cl)cc1NS(=O)(=O)c1ccc(Br)cc1F. The fourth-order valence-corrected chi connectivity index (χ4v) is 3.39. The summed E-state index contributed by atoms with van der Waals surface area (Å²) in [4.78, 5) is -0.446. The summed E-state index contributed by atoms with van der Waals surface area (Å²) in [6.45, 7) is 1.67. The number of nitrogen functional groups attached to an aromatic ring is 1. The Morgan fingerprint density at radius 3 is 2.57 bits per heavy atom. The first kappa shape index (κ1) is 16.1. The molecule has 0 aliphatic rings. The van der Waals surface area contributed by atoms with Crippen LogP contribution in [0.3, 0.4) is 0 Å². The molecule has 3 N–H and O–H groups in total. The maximum absolute atomic E-state index is 13.8. The number of hydrogen-bond donors (Lipinski definition) is 2. The first-order chi connectivity index (χ1) is 9.70. The number of sulfonamides is 1. The van der Waals surface area contributed by atoms with Gasteiger partial charge in [0.25, 0.3) is 10.0 Å². The molecule has 0 saturated carbocycles. The lowest BCUT2D eigenvalue weighted by atomic mass is 10.2. The lowest BCUT2D eigenvalue weighted by Crippen LogP contribution is -2.15. The molecule has 0 unspecified atom stereocenters. The summed E-state index contributed by atoms with van der Waals surface area (Å²) in [7, 11) is -4.06. The first-order valence-corrected chi connectivity index (χ1v) is 8.39. The number of hydrogen-bond acceptors (Lipinski definition) is 3. The van der Waals surface area contributed by atoms with Crippen molar-refractivity contribution >= 4 is 48.9 Å². The van der Waals surface area contributed by atoms with Gasteiger partial charge in [0.15, 0.2) is 0 Å². The van der Waals surface area contributed by atoms with Crippen molar-refractivity contribution in [2.45, 2.75) is 11.8 Å². The summed E-state index contributed by atoms with van der Waals surface area (Å²) in [6.07, 6.45) is 0. The molecule has 0 amide bonds. The molecular weight excluding hydrogens is 383 g/mol. The Morgan fingerprint density at radius 2 is 1.95 bits per heavy atom. The predicted octanol–water partition coefficient (Wildman–Crippen LogP) is 3.93. The molecule has 0 aliphatic carbocycles. The molecule has 0 fully saturated rings. The highest BCUT2D eigenvalue weighted by atomic mass is 79.9. The third kappa shape index (κ3) is 3.48. The number of nitrogens with two attached hydrogens (primary N) is 1. The van der Waals surface area contributed by atoms with E-state index in [1.807, 2.05) is 0 Å². The lowest BCUT2D eigenvalue weighted by Gasteiger charge is -2.12. The fourth-order valence-electron chi connectivity index (χ4n) is 1.71. The number of halogens is 3. The number of benzene rings is 2. The van der Waals surface area contributed by atoms with Gasteiger partial charge in [0.1, 0.15) is 10.7 Å². The second-order valence-corrected chi connectivity index (χ2v) is 7.34. The Balaban J connectivity index is 2.45. The molecule has 4 nitrogen and oxygen atoms in total. The van der Waals surface area contributed by atoms with Crippen LogP contribution < -0.4 is 10.5 Å². The molecule has 0 atom stereocenters. The van der Waals surface area contributed by atoms with Crippen molar-refractivity contribution in [1.82, 2.24) is 0 Å². The van der Waals surface area contributed by atoms with Gasteiger partial charge in [-0.15, -0.1) is 0 Å². The molecule has 8 heteroatoms. The van der Waals surface area contributed by atoms with Crippen molar-refractivity contribution < 1.29 is 12.8 Å². The quantitative estimate of drug-likeness (QED) is 0.776. The number of aryl methyl sites for hydroxylation is 1. The molecule has 2 aromatic carbocycles. The highest BCUT2D eigenvalue weighted by Gasteiger charge is 2.20. The van der Waals surface area contributed by atoms with E-state index in [0.717, 1.165) is 6.07 Å². The second-order valence-electron chi connectivity index (χ2n) is 4.37. The molecule has 0 radical (unpaired) electrons. The van der Waals surface area contributed by atoms with Crippen LogP contribution >= 0.6 is 27.5 Å². The first-order valence-electron chi connectivity index (χ1n) is 5.74. The van der Waals surface area contributed by atoms with Gasteiger partial charge in [-0.2, -0.15) is 0 Å². The van der Waals surface area contributed by atoms with Crippen LogP contribution in [0.5, 0.6) is 0 Å². The predicted molar refractivity (Wildman–Crippen MR) is 85.5 cm³/mol. The van der Waals surface area contributed by atoms with Gasteiger partial charge in [-0.3, -0.25) is 4.72 Å². The van der Waals surface area contributed by atoms with Crippen LogP contribution in [0, 0.1) is 12.7 Å². The molecule has 0 spiro atoms. The zero-order valence-corrected chi connectivity index (χ0v) is 14.0. The summed E-state index contributed by atoms with van der Waals surface area (Å²) in [5.41, 5.74) is 6.80. The summed E-state index contributed by atoms with van der Waals surface area (Å²) in [5.74, 6) is -0.851. The average molecular weight is 394 g/mol. The third-order valence-electron chi connectivity index (χ3n) is 2.77. The van der Waals surface area contributed by atoms with Gasteiger partial charge in [-0.05, 0) is 42.8 Å². The zero-order valence-electron chi connectivity index (χ0n) is 10.8. The van der Waals surface area contributed by atoms with Crippen LogP contribution in [-0.2, 0) is 10.0 Å². The zero-order chi connectivity index (χ0) is 15.8. The van der Waals surface area contributed by atoms with Crippen molar-refractivity contribution in [3.05, 3.63) is 51.2 Å². The minimum atomic E-state index is -4.06. The number of nitrogens with one attached hydrogen (secondary N) is 1. The summed E-state index contributed by atoms with van der Waals surface area (Å²) >= 11 is 8.95. The van der Waals surface area contributed by atoms with Crippen LogP contribution in [-0.4, -0.2) is 8.42 Å². The normalized spacial score (nSPS) is 11.4. The van der Waals surface area contributed by atoms with E-state index in [4.69, 9.17) is 17.3 Å². The van der Waals surface area contributed by atoms with E-state index in [0.29, 0.717) is 15.7 Å². The van der Waals surface area contributed by atoms with E-state index in [9.17, 15) is 12.8 Å². The van der Waals surface area contributed by atoms with Gasteiger partial charge in [0, 0.05) is 4.47 Å². The topological polar surface area (TPSA) is 72.2 Å². The van der Waals surface area contributed by atoms with E-state index in [1.165, 1.54) is 24.3 Å². The minimum absolute atomic E-state index is 0.217. The Bertz CT molecular complexity index is 812. The molecule has 0 aliphatic heterocycles. The highest BCUT2D eigenvalue weighted by Crippen LogP contribution is 2.29. The average Bonchev–Trinajstić information content (AvgIpc) is 2.35. The van der Waals surface area contributed by atoms with E-state index >= 15 is 0 Å². The summed E-state index contributed by atoms with van der Waals surface area (Å²) < 4.78 is 41.0. The summed E-state index contributed by atoms with van der Waals surface area (Å²) in [6, 6.07) is 6.63. The van der Waals surface area contributed by atoms with Crippen LogP contribution in [0.4, 0.5) is 15.8 Å². The van der Waals surface area contributed by atoms with Crippen molar-refractivity contribution in [3.8, 4) is 0 Å². The Morgan fingerprint density at radius 1 is 1.29 bits per heavy atom. The van der Waals surface area contributed by atoms with Crippen LogP contribution in [0.25, 0.3) is 0 Å². The summed E-state index contributed by atoms with van der Waals surface area (Å²) in [5, 5.41) is 0.217. The molecular formula is C13H11BrClFN2O2S. The monoisotopic (exact) mass is 392 g/mol. The molecule has 21 heavy (non-hydrogen) atoms. The molecule has 0 saturated heterocycles. The molecule has 112 valence electrons. The van der Waals surface area contributed by atoms with E-state index in [2.05, 4.69) is 20.7 Å². The van der Waals surface area contributed by atoms with Gasteiger partial charge in [-0.1, -0.05) is 27.5 Å². The highest BCUT2D eigenvalue weighted by molar-refractivity contribution is 9.10. The largest absolute Gasteiger partial charge is 0.398 e. The van der Waals surface area contributed by atoms with Gasteiger partial charge >= 0.3 is 0 Å². The van der Waals surface area contributed by atoms with Crippen molar-refractivity contribution in [2.24, 2.45) is 0 Å². The van der Waals surface area contributed by atoms with E-state index in [-0.39, 0.29) is 10.7 Å². The van der Waals surface area contributed by atoms with Crippen molar-refractivity contribution in [2.75, 3.05) is 10.5 Å². The van der Waals surface area contributed by atoms with Crippen molar-refractivity contribution in [1.29, 1.82) is 0 Å². The minimum Gasteiger partial charge on any atom is -0.398 e. The van der Waals surface area contributed by atoms with Gasteiger partial charge < -0.3 is 5.73 Å². The Kier molecular flexibility index (Phi) is 4.46. The fraction of sp³-hybridized carbons (Fsp3) is 0.0769. The lowest BCUT2D eigenvalue weighted by molar-refractivity contribution is 0.570. The molecule has 2 rings (SSSR count). The smallest absolute Gasteiger partial charge is 0.264 e. The number of anilines is 2.